The number of amides is 1. The lowest BCUT2D eigenvalue weighted by Gasteiger charge is -2.12. The van der Waals surface area contributed by atoms with E-state index < -0.39 is 17.9 Å². The van der Waals surface area contributed by atoms with Crippen LogP contribution in [0.4, 0.5) is 8.78 Å². The van der Waals surface area contributed by atoms with Gasteiger partial charge in [0.1, 0.15) is 5.52 Å². The monoisotopic (exact) mass is 410 g/mol. The number of benzene rings is 2. The Morgan fingerprint density at radius 1 is 1.19 bits per heavy atom. The number of rotatable bonds is 3. The average Bonchev–Trinajstić information content (AvgIpc) is 3.16. The van der Waals surface area contributed by atoms with Crippen molar-refractivity contribution in [2.24, 2.45) is 0 Å². The lowest BCUT2D eigenvalue weighted by Crippen LogP contribution is -2.33. The molecule has 0 radical (unpaired) electrons. The predicted molar refractivity (Wildman–Crippen MR) is 99.5 cm³/mol. The average molecular weight is 411 g/mol. The SMILES string of the molecule is O=C(NC1CCC(F)(F)C1)c1ccc2nc(-c3cc(Cl)cc(Cl)c3)oc2c1. The molecule has 1 fully saturated rings. The summed E-state index contributed by atoms with van der Waals surface area (Å²) < 4.78 is 32.3. The molecule has 3 aromatic rings. The lowest BCUT2D eigenvalue weighted by molar-refractivity contribution is 0.00711. The van der Waals surface area contributed by atoms with Crippen LogP contribution in [0, 0.1) is 0 Å². The molecule has 27 heavy (non-hydrogen) atoms. The van der Waals surface area contributed by atoms with Crippen molar-refractivity contribution in [2.45, 2.75) is 31.2 Å². The van der Waals surface area contributed by atoms with Crippen LogP contribution in [0.2, 0.25) is 10.0 Å². The number of carbonyl (C=O) groups is 1. The number of carbonyl (C=O) groups excluding carboxylic acids is 1. The molecule has 1 atom stereocenters. The van der Waals surface area contributed by atoms with Gasteiger partial charge in [-0.2, -0.15) is 0 Å². The first kappa shape index (κ1) is 18.2. The molecule has 0 bridgehead atoms. The molecule has 0 aliphatic heterocycles. The lowest BCUT2D eigenvalue weighted by atomic mass is 10.1. The van der Waals surface area contributed by atoms with Gasteiger partial charge in [-0.3, -0.25) is 4.79 Å². The van der Waals surface area contributed by atoms with Gasteiger partial charge in [-0.25, -0.2) is 13.8 Å². The van der Waals surface area contributed by atoms with E-state index in [2.05, 4.69) is 10.3 Å². The van der Waals surface area contributed by atoms with Gasteiger partial charge in [-0.15, -0.1) is 0 Å². The quantitative estimate of drug-likeness (QED) is 0.600. The minimum Gasteiger partial charge on any atom is -0.436 e. The number of hydrogen-bond donors (Lipinski definition) is 1. The van der Waals surface area contributed by atoms with Crippen LogP contribution in [0.15, 0.2) is 40.8 Å². The minimum atomic E-state index is -2.71. The Morgan fingerprint density at radius 2 is 1.93 bits per heavy atom. The number of alkyl halides is 2. The molecule has 140 valence electrons. The third-order valence-corrected chi connectivity index (χ3v) is 4.94. The van der Waals surface area contributed by atoms with Crippen LogP contribution in [-0.2, 0) is 0 Å². The number of aromatic nitrogens is 1. The van der Waals surface area contributed by atoms with Crippen molar-refractivity contribution in [1.82, 2.24) is 10.3 Å². The van der Waals surface area contributed by atoms with Gasteiger partial charge in [-0.1, -0.05) is 23.2 Å². The van der Waals surface area contributed by atoms with Gasteiger partial charge < -0.3 is 9.73 Å². The molecule has 1 saturated carbocycles. The largest absolute Gasteiger partial charge is 0.436 e. The van der Waals surface area contributed by atoms with Gasteiger partial charge >= 0.3 is 0 Å². The second-order valence-corrected chi connectivity index (χ2v) is 7.50. The van der Waals surface area contributed by atoms with Crippen molar-refractivity contribution in [2.75, 3.05) is 0 Å². The van der Waals surface area contributed by atoms with Crippen molar-refractivity contribution >= 4 is 40.2 Å². The summed E-state index contributed by atoms with van der Waals surface area (Å²) in [5, 5.41) is 3.56. The van der Waals surface area contributed by atoms with E-state index in [1.54, 1.807) is 36.4 Å². The van der Waals surface area contributed by atoms with Crippen LogP contribution < -0.4 is 5.32 Å². The zero-order valence-corrected chi connectivity index (χ0v) is 15.5. The Bertz CT molecular complexity index is 1020. The highest BCUT2D eigenvalue weighted by Gasteiger charge is 2.40. The Morgan fingerprint density at radius 3 is 2.59 bits per heavy atom. The minimum absolute atomic E-state index is 0.204. The molecule has 4 nitrogen and oxygen atoms in total. The summed E-state index contributed by atoms with van der Waals surface area (Å²) >= 11 is 12.0. The topological polar surface area (TPSA) is 55.1 Å². The van der Waals surface area contributed by atoms with E-state index in [-0.39, 0.29) is 19.3 Å². The van der Waals surface area contributed by atoms with Crippen LogP contribution in [0.3, 0.4) is 0 Å². The maximum Gasteiger partial charge on any atom is 0.251 e. The van der Waals surface area contributed by atoms with Gasteiger partial charge in [0.2, 0.25) is 11.8 Å². The summed E-state index contributed by atoms with van der Waals surface area (Å²) in [6, 6.07) is 9.19. The van der Waals surface area contributed by atoms with Gasteiger partial charge in [0, 0.05) is 40.1 Å². The third kappa shape index (κ3) is 3.92. The van der Waals surface area contributed by atoms with Gasteiger partial charge in [-0.05, 0) is 42.8 Å². The molecule has 4 rings (SSSR count). The number of halogens is 4. The van der Waals surface area contributed by atoms with Crippen molar-refractivity contribution < 1.29 is 18.0 Å². The van der Waals surface area contributed by atoms with E-state index >= 15 is 0 Å². The Balaban J connectivity index is 1.58. The molecule has 0 saturated heterocycles. The van der Waals surface area contributed by atoms with Crippen molar-refractivity contribution in [3.8, 4) is 11.5 Å². The number of hydrogen-bond acceptors (Lipinski definition) is 3. The van der Waals surface area contributed by atoms with Gasteiger partial charge in [0.15, 0.2) is 5.58 Å². The van der Waals surface area contributed by atoms with E-state index in [9.17, 15) is 13.6 Å². The molecular formula is C19H14Cl2F2N2O2. The summed E-state index contributed by atoms with van der Waals surface area (Å²) in [5.74, 6) is -2.80. The van der Waals surface area contributed by atoms with E-state index in [0.717, 1.165) is 0 Å². The molecule has 0 spiro atoms. The van der Waals surface area contributed by atoms with Crippen LogP contribution in [0.5, 0.6) is 0 Å². The van der Waals surface area contributed by atoms with Gasteiger partial charge in [0.25, 0.3) is 5.91 Å². The fourth-order valence-electron chi connectivity index (χ4n) is 3.21. The molecule has 1 heterocycles. The zero-order chi connectivity index (χ0) is 19.2. The van der Waals surface area contributed by atoms with Crippen LogP contribution in [0.25, 0.3) is 22.6 Å². The van der Waals surface area contributed by atoms with E-state index in [4.69, 9.17) is 27.6 Å². The highest BCUT2D eigenvalue weighted by atomic mass is 35.5. The molecular weight excluding hydrogens is 397 g/mol. The molecule has 1 aliphatic carbocycles. The van der Waals surface area contributed by atoms with Crippen molar-refractivity contribution in [1.29, 1.82) is 0 Å². The zero-order valence-electron chi connectivity index (χ0n) is 13.9. The fourth-order valence-corrected chi connectivity index (χ4v) is 3.73. The smallest absolute Gasteiger partial charge is 0.251 e. The fraction of sp³-hybridized carbons (Fsp3) is 0.263. The van der Waals surface area contributed by atoms with Crippen LogP contribution in [0.1, 0.15) is 29.6 Å². The molecule has 1 aromatic heterocycles. The van der Waals surface area contributed by atoms with E-state index in [0.29, 0.717) is 38.2 Å². The summed E-state index contributed by atoms with van der Waals surface area (Å²) in [5.41, 5.74) is 1.91. The Labute approximate surface area is 163 Å². The van der Waals surface area contributed by atoms with Gasteiger partial charge in [0.05, 0.1) is 0 Å². The maximum atomic E-state index is 13.3. The van der Waals surface area contributed by atoms with E-state index in [1.165, 1.54) is 0 Å². The first-order valence-corrected chi connectivity index (χ1v) is 9.10. The molecule has 8 heteroatoms. The highest BCUT2D eigenvalue weighted by Crippen LogP contribution is 2.35. The molecule has 2 aromatic carbocycles. The van der Waals surface area contributed by atoms with Crippen molar-refractivity contribution in [3.63, 3.8) is 0 Å². The standard InChI is InChI=1S/C19H14Cl2F2N2O2/c20-12-5-11(6-13(21)8-12)18-25-15-2-1-10(7-16(15)27-18)17(26)24-14-3-4-19(22,23)9-14/h1-2,5-8,14H,3-4,9H2,(H,24,26). The van der Waals surface area contributed by atoms with Crippen LogP contribution >= 0.6 is 23.2 Å². The highest BCUT2D eigenvalue weighted by molar-refractivity contribution is 6.35. The first-order chi connectivity index (χ1) is 12.8. The second-order valence-electron chi connectivity index (χ2n) is 6.63. The van der Waals surface area contributed by atoms with Crippen LogP contribution in [-0.4, -0.2) is 22.9 Å². The number of nitrogens with one attached hydrogen (secondary N) is 1. The molecule has 1 unspecified atom stereocenters. The van der Waals surface area contributed by atoms with Crippen molar-refractivity contribution in [3.05, 3.63) is 52.0 Å². The number of oxazole rings is 1. The third-order valence-electron chi connectivity index (χ3n) is 4.50. The second kappa shape index (κ2) is 6.77. The number of fused-ring (bicyclic) bond motifs is 1. The summed E-state index contributed by atoms with van der Waals surface area (Å²) in [6.07, 6.45) is -0.267. The predicted octanol–water partition coefficient (Wildman–Crippen LogP) is 5.72. The Kier molecular flexibility index (Phi) is 4.56. The van der Waals surface area contributed by atoms with E-state index in [1.807, 2.05) is 0 Å². The normalized spacial score (nSPS) is 18.7. The Hall–Kier alpha value is -2.18. The summed E-state index contributed by atoms with van der Waals surface area (Å²) in [7, 11) is 0. The molecule has 1 N–H and O–H groups in total. The summed E-state index contributed by atoms with van der Waals surface area (Å²) in [4.78, 5) is 16.7. The maximum absolute atomic E-state index is 13.3. The summed E-state index contributed by atoms with van der Waals surface area (Å²) in [6.45, 7) is 0. The molecule has 1 aliphatic rings. The first-order valence-electron chi connectivity index (χ1n) is 8.35. The number of nitrogens with zero attached hydrogens (tertiary/aromatic N) is 1. The molecule has 1 amide bonds.